The zero-order valence-electron chi connectivity index (χ0n) is 12.1. The van der Waals surface area contributed by atoms with E-state index >= 15 is 0 Å². The summed E-state index contributed by atoms with van der Waals surface area (Å²) in [5.41, 5.74) is 3.62. The molecular weight excluding hydrogens is 288 g/mol. The fraction of sp³-hybridized carbons (Fsp3) is 0.562. The molecule has 1 fully saturated rings. The van der Waals surface area contributed by atoms with Gasteiger partial charge >= 0.3 is 0 Å². The largest absolute Gasteiger partial charge is 0.323 e. The maximum Gasteiger partial charge on any atom is 0.125 e. The van der Waals surface area contributed by atoms with E-state index < -0.39 is 0 Å². The molecule has 2 nitrogen and oxygen atoms in total. The van der Waals surface area contributed by atoms with Crippen molar-refractivity contribution in [2.45, 2.75) is 49.8 Å². The molecule has 1 heterocycles. The van der Waals surface area contributed by atoms with Gasteiger partial charge in [0.1, 0.15) is 5.82 Å². The van der Waals surface area contributed by atoms with Gasteiger partial charge in [-0.15, -0.1) is 11.6 Å². The van der Waals surface area contributed by atoms with Crippen molar-refractivity contribution in [1.82, 2.24) is 9.55 Å². The van der Waals surface area contributed by atoms with Gasteiger partial charge < -0.3 is 4.57 Å². The van der Waals surface area contributed by atoms with Crippen molar-refractivity contribution in [2.24, 2.45) is 0 Å². The molecular formula is C16H21ClN2S. The first kappa shape index (κ1) is 14.3. The molecule has 0 amide bonds. The molecule has 0 aliphatic heterocycles. The second kappa shape index (κ2) is 5.98. The lowest BCUT2D eigenvalue weighted by molar-refractivity contribution is 0.366. The van der Waals surface area contributed by atoms with Crippen LogP contribution in [0.15, 0.2) is 18.2 Å². The van der Waals surface area contributed by atoms with Gasteiger partial charge in [-0.05, 0) is 37.7 Å². The predicted octanol–water partition coefficient (Wildman–Crippen LogP) is 4.93. The Labute approximate surface area is 129 Å². The van der Waals surface area contributed by atoms with E-state index in [1.165, 1.54) is 36.8 Å². The van der Waals surface area contributed by atoms with E-state index in [4.69, 9.17) is 16.6 Å². The highest BCUT2D eigenvalue weighted by molar-refractivity contribution is 7.99. The van der Waals surface area contributed by atoms with Gasteiger partial charge in [-0.2, -0.15) is 11.8 Å². The van der Waals surface area contributed by atoms with Gasteiger partial charge in [0.2, 0.25) is 0 Å². The third-order valence-electron chi connectivity index (χ3n) is 4.42. The van der Waals surface area contributed by atoms with Crippen LogP contribution >= 0.6 is 23.4 Å². The molecule has 4 heteroatoms. The number of hydrogen-bond acceptors (Lipinski definition) is 2. The summed E-state index contributed by atoms with van der Waals surface area (Å²) in [6, 6.07) is 6.99. The number of thioether (sulfide) groups is 1. The first-order chi connectivity index (χ1) is 9.76. The minimum atomic E-state index is 0.492. The number of imidazole rings is 1. The van der Waals surface area contributed by atoms with Gasteiger partial charge in [0, 0.05) is 11.3 Å². The highest BCUT2D eigenvalue weighted by Gasteiger charge is 2.29. The Bertz CT molecular complexity index is 608. The van der Waals surface area contributed by atoms with Crippen LogP contribution in [-0.2, 0) is 5.88 Å². The van der Waals surface area contributed by atoms with Gasteiger partial charge in [-0.25, -0.2) is 4.98 Å². The molecule has 0 radical (unpaired) electrons. The van der Waals surface area contributed by atoms with Crippen LogP contribution < -0.4 is 0 Å². The topological polar surface area (TPSA) is 17.8 Å². The number of aromatic nitrogens is 2. The summed E-state index contributed by atoms with van der Waals surface area (Å²) in [5.74, 6) is 1.52. The highest BCUT2D eigenvalue weighted by Crippen LogP contribution is 2.38. The zero-order valence-corrected chi connectivity index (χ0v) is 13.7. The quantitative estimate of drug-likeness (QED) is 0.748. The van der Waals surface area contributed by atoms with Crippen molar-refractivity contribution in [3.05, 3.63) is 29.6 Å². The van der Waals surface area contributed by atoms with Crippen LogP contribution in [-0.4, -0.2) is 21.1 Å². The van der Waals surface area contributed by atoms with Crippen LogP contribution in [0.4, 0.5) is 0 Å². The summed E-state index contributed by atoms with van der Waals surface area (Å²) in [5, 5.41) is 0.684. The number of aryl methyl sites for hydroxylation is 1. The summed E-state index contributed by atoms with van der Waals surface area (Å²) in [6.45, 7) is 2.13. The molecule has 2 unspecified atom stereocenters. The second-order valence-electron chi connectivity index (χ2n) is 5.60. The molecule has 0 bridgehead atoms. The molecule has 1 aromatic carbocycles. The van der Waals surface area contributed by atoms with Crippen LogP contribution in [0.5, 0.6) is 0 Å². The number of rotatable bonds is 3. The molecule has 2 aromatic rings. The predicted molar refractivity (Wildman–Crippen MR) is 88.8 cm³/mol. The number of nitrogens with zero attached hydrogens (tertiary/aromatic N) is 2. The Morgan fingerprint density at radius 2 is 2.15 bits per heavy atom. The molecule has 1 aromatic heterocycles. The first-order valence-corrected chi connectivity index (χ1v) is 9.13. The number of alkyl halides is 1. The number of hydrogen-bond donors (Lipinski definition) is 0. The fourth-order valence-corrected chi connectivity index (χ4v) is 4.58. The fourth-order valence-electron chi connectivity index (χ4n) is 3.42. The standard InChI is InChI=1S/C16H21ClN2S/c1-11-6-5-8-13-16(11)18-15(10-17)19(13)12-7-3-4-9-14(12)20-2/h5-6,8,12,14H,3-4,7,9-10H2,1-2H3. The number of fused-ring (bicyclic) bond motifs is 1. The minimum absolute atomic E-state index is 0.492. The van der Waals surface area contributed by atoms with E-state index in [-0.39, 0.29) is 0 Å². The number of halogens is 1. The summed E-state index contributed by atoms with van der Waals surface area (Å²) in [7, 11) is 0. The van der Waals surface area contributed by atoms with E-state index in [1.54, 1.807) is 0 Å². The van der Waals surface area contributed by atoms with Crippen molar-refractivity contribution < 1.29 is 0 Å². The average Bonchev–Trinajstić information content (AvgIpc) is 2.87. The van der Waals surface area contributed by atoms with Gasteiger partial charge in [0.05, 0.1) is 16.9 Å². The Morgan fingerprint density at radius 1 is 1.35 bits per heavy atom. The van der Waals surface area contributed by atoms with E-state index in [0.29, 0.717) is 17.2 Å². The highest BCUT2D eigenvalue weighted by atomic mass is 35.5. The Balaban J connectivity index is 2.15. The molecule has 108 valence electrons. The molecule has 0 spiro atoms. The molecule has 20 heavy (non-hydrogen) atoms. The van der Waals surface area contributed by atoms with E-state index in [0.717, 1.165) is 11.3 Å². The summed E-state index contributed by atoms with van der Waals surface area (Å²) in [4.78, 5) is 4.80. The molecule has 0 saturated heterocycles. The summed E-state index contributed by atoms with van der Waals surface area (Å²) < 4.78 is 2.43. The second-order valence-corrected chi connectivity index (χ2v) is 6.94. The van der Waals surface area contributed by atoms with Crippen molar-refractivity contribution in [3.63, 3.8) is 0 Å². The molecule has 0 N–H and O–H groups in total. The van der Waals surface area contributed by atoms with Gasteiger partial charge in [-0.3, -0.25) is 0 Å². The van der Waals surface area contributed by atoms with Crippen molar-refractivity contribution in [3.8, 4) is 0 Å². The summed E-state index contributed by atoms with van der Waals surface area (Å²) >= 11 is 8.17. The van der Waals surface area contributed by atoms with Crippen LogP contribution in [0.3, 0.4) is 0 Å². The van der Waals surface area contributed by atoms with E-state index in [9.17, 15) is 0 Å². The third kappa shape index (κ3) is 2.35. The van der Waals surface area contributed by atoms with Crippen molar-refractivity contribution in [2.75, 3.05) is 6.26 Å². The van der Waals surface area contributed by atoms with Gasteiger partial charge in [-0.1, -0.05) is 25.0 Å². The van der Waals surface area contributed by atoms with Crippen LogP contribution in [0.2, 0.25) is 0 Å². The van der Waals surface area contributed by atoms with Crippen LogP contribution in [0.25, 0.3) is 11.0 Å². The van der Waals surface area contributed by atoms with Crippen molar-refractivity contribution in [1.29, 1.82) is 0 Å². The zero-order chi connectivity index (χ0) is 14.1. The Morgan fingerprint density at radius 3 is 2.90 bits per heavy atom. The Hall–Kier alpha value is -0.670. The lowest BCUT2D eigenvalue weighted by Crippen LogP contribution is -2.26. The Kier molecular flexibility index (Phi) is 4.27. The smallest absolute Gasteiger partial charge is 0.125 e. The normalized spacial score (nSPS) is 23.4. The van der Waals surface area contributed by atoms with Crippen molar-refractivity contribution >= 4 is 34.4 Å². The maximum atomic E-state index is 6.18. The van der Waals surface area contributed by atoms with Crippen LogP contribution in [0, 0.1) is 6.92 Å². The van der Waals surface area contributed by atoms with E-state index in [1.807, 2.05) is 11.8 Å². The third-order valence-corrected chi connectivity index (χ3v) is 5.81. The lowest BCUT2D eigenvalue weighted by Gasteiger charge is -2.32. The first-order valence-electron chi connectivity index (χ1n) is 7.31. The minimum Gasteiger partial charge on any atom is -0.323 e. The van der Waals surface area contributed by atoms with Crippen LogP contribution in [0.1, 0.15) is 43.1 Å². The maximum absolute atomic E-state index is 6.18. The summed E-state index contributed by atoms with van der Waals surface area (Å²) in [6.07, 6.45) is 7.44. The van der Waals surface area contributed by atoms with E-state index in [2.05, 4.69) is 35.9 Å². The molecule has 2 atom stereocenters. The average molecular weight is 309 g/mol. The van der Waals surface area contributed by atoms with Gasteiger partial charge in [0.25, 0.3) is 0 Å². The van der Waals surface area contributed by atoms with Gasteiger partial charge in [0.15, 0.2) is 0 Å². The molecule has 1 aliphatic carbocycles. The SMILES string of the molecule is CSC1CCCCC1n1c(CCl)nc2c(C)cccc21. The number of para-hydroxylation sites is 1. The molecule has 1 saturated carbocycles. The monoisotopic (exact) mass is 308 g/mol. The lowest BCUT2D eigenvalue weighted by atomic mass is 9.94. The molecule has 3 rings (SSSR count). The number of benzene rings is 1. The molecule has 1 aliphatic rings.